The first-order valence-electron chi connectivity index (χ1n) is 12.5. The average Bonchev–Trinajstić information content (AvgIpc) is 3.43. The quantitative estimate of drug-likeness (QED) is 0.222. The predicted octanol–water partition coefficient (Wildman–Crippen LogP) is 7.58. The van der Waals surface area contributed by atoms with Crippen LogP contribution in [0, 0.1) is 11.8 Å². The molecule has 2 atom stereocenters. The highest BCUT2D eigenvalue weighted by Crippen LogP contribution is 2.29. The molecular weight excluding hydrogens is 468 g/mol. The number of nitrogens with zero attached hydrogens (tertiary/aromatic N) is 1. The van der Waals surface area contributed by atoms with Gasteiger partial charge in [0.2, 0.25) is 5.91 Å². The molecule has 0 aliphatic carbocycles. The fourth-order valence-electron chi connectivity index (χ4n) is 4.09. The molecule has 0 saturated heterocycles. The third kappa shape index (κ3) is 7.78. The van der Waals surface area contributed by atoms with Crippen LogP contribution >= 0.6 is 11.3 Å². The largest absolute Gasteiger partial charge is 0.386 e. The first-order chi connectivity index (χ1) is 17.4. The molecule has 0 fully saturated rings. The van der Waals surface area contributed by atoms with Crippen LogP contribution < -0.4 is 16.0 Å². The Morgan fingerprint density at radius 2 is 1.78 bits per heavy atom. The summed E-state index contributed by atoms with van der Waals surface area (Å²) in [7, 11) is 1.84. The van der Waals surface area contributed by atoms with Gasteiger partial charge in [-0.05, 0) is 59.7 Å². The molecule has 0 aliphatic rings. The minimum Gasteiger partial charge on any atom is -0.386 e. The number of nitrogens with one attached hydrogen (secondary N) is 3. The Balaban J connectivity index is 1.63. The molecule has 0 radical (unpaired) electrons. The summed E-state index contributed by atoms with van der Waals surface area (Å²) in [6.07, 6.45) is 6.12. The molecule has 1 aromatic heterocycles. The highest BCUT2D eigenvalue weighted by molar-refractivity contribution is 7.12. The fourth-order valence-corrected chi connectivity index (χ4v) is 4.71. The molecule has 3 N–H and O–H groups in total. The van der Waals surface area contributed by atoms with Gasteiger partial charge < -0.3 is 16.0 Å². The zero-order valence-corrected chi connectivity index (χ0v) is 22.3. The molecule has 0 spiro atoms. The van der Waals surface area contributed by atoms with Gasteiger partial charge in [-0.3, -0.25) is 14.6 Å². The lowest BCUT2D eigenvalue weighted by molar-refractivity contribution is -0.119. The number of carbonyl (C=O) groups excluding carboxylic acids is 2. The topological polar surface area (TPSA) is 82.6 Å². The van der Waals surface area contributed by atoms with Crippen LogP contribution in [0.2, 0.25) is 0 Å². The minimum absolute atomic E-state index is 0.0183. The van der Waals surface area contributed by atoms with Crippen molar-refractivity contribution in [3.8, 4) is 0 Å². The van der Waals surface area contributed by atoms with Crippen molar-refractivity contribution in [2.24, 2.45) is 16.8 Å². The van der Waals surface area contributed by atoms with Crippen molar-refractivity contribution >= 4 is 52.1 Å². The number of hydrogen-bond donors (Lipinski definition) is 3. The van der Waals surface area contributed by atoms with E-state index in [0.717, 1.165) is 36.2 Å². The summed E-state index contributed by atoms with van der Waals surface area (Å²) in [5.41, 5.74) is 3.93. The van der Waals surface area contributed by atoms with Gasteiger partial charge in [-0.2, -0.15) is 0 Å². The normalized spacial score (nSPS) is 12.8. The standard InChI is InChI=1S/C29H36N4O2S/c1-5-8-21(6-2)17-20(3)28(34)32-23-12-10-22(11-13-23)19-31-26-18-24(14-15-25(26)30-4)33-29(35)27-9-7-16-36-27/h7,9-16,18-21,30H,5-6,8,17H2,1-4H3,(H,32,34)(H,33,35). The first kappa shape index (κ1) is 27.1. The molecule has 0 saturated carbocycles. The lowest BCUT2D eigenvalue weighted by Gasteiger charge is -2.19. The smallest absolute Gasteiger partial charge is 0.265 e. The first-order valence-corrected chi connectivity index (χ1v) is 13.4. The molecule has 2 unspecified atom stereocenters. The van der Waals surface area contributed by atoms with E-state index in [-0.39, 0.29) is 17.7 Å². The molecule has 0 aliphatic heterocycles. The van der Waals surface area contributed by atoms with Crippen LogP contribution in [-0.4, -0.2) is 25.1 Å². The van der Waals surface area contributed by atoms with Crippen LogP contribution in [0.25, 0.3) is 0 Å². The van der Waals surface area contributed by atoms with Crippen LogP contribution in [-0.2, 0) is 4.79 Å². The van der Waals surface area contributed by atoms with Gasteiger partial charge in [0.15, 0.2) is 0 Å². The van der Waals surface area contributed by atoms with E-state index >= 15 is 0 Å². The maximum atomic E-state index is 12.6. The summed E-state index contributed by atoms with van der Waals surface area (Å²) in [5, 5.41) is 11.0. The van der Waals surface area contributed by atoms with Crippen molar-refractivity contribution in [2.75, 3.05) is 23.0 Å². The van der Waals surface area contributed by atoms with Crippen molar-refractivity contribution in [3.05, 3.63) is 70.4 Å². The van der Waals surface area contributed by atoms with Crippen LogP contribution in [0.15, 0.2) is 65.0 Å². The number of hydrogen-bond acceptors (Lipinski definition) is 5. The fraction of sp³-hybridized carbons (Fsp3) is 0.345. The monoisotopic (exact) mass is 504 g/mol. The van der Waals surface area contributed by atoms with Crippen LogP contribution in [0.1, 0.15) is 61.7 Å². The molecule has 1 heterocycles. The Morgan fingerprint density at radius 1 is 1.03 bits per heavy atom. The Morgan fingerprint density at radius 3 is 2.42 bits per heavy atom. The van der Waals surface area contributed by atoms with Gasteiger partial charge in [0, 0.05) is 30.6 Å². The van der Waals surface area contributed by atoms with E-state index in [1.807, 2.05) is 67.9 Å². The molecule has 0 bridgehead atoms. The number of rotatable bonds is 12. The highest BCUT2D eigenvalue weighted by atomic mass is 32.1. The van der Waals surface area contributed by atoms with Crippen molar-refractivity contribution < 1.29 is 9.59 Å². The van der Waals surface area contributed by atoms with Gasteiger partial charge in [-0.15, -0.1) is 11.3 Å². The SMILES string of the molecule is CCCC(CC)CC(C)C(=O)Nc1ccc(C=Nc2cc(NC(=O)c3cccs3)ccc2NC)cc1. The lowest BCUT2D eigenvalue weighted by Crippen LogP contribution is -2.22. The van der Waals surface area contributed by atoms with Crippen molar-refractivity contribution in [2.45, 2.75) is 46.5 Å². The molecule has 2 aromatic carbocycles. The molecule has 190 valence electrons. The lowest BCUT2D eigenvalue weighted by atomic mass is 9.90. The molecular formula is C29H36N4O2S. The molecule has 3 aromatic rings. The summed E-state index contributed by atoms with van der Waals surface area (Å²) in [6, 6.07) is 16.9. The van der Waals surface area contributed by atoms with Crippen molar-refractivity contribution in [3.63, 3.8) is 0 Å². The van der Waals surface area contributed by atoms with E-state index in [1.165, 1.54) is 17.8 Å². The third-order valence-corrected chi connectivity index (χ3v) is 7.08. The summed E-state index contributed by atoms with van der Waals surface area (Å²) >= 11 is 1.40. The number of thiophene rings is 1. The molecule has 6 nitrogen and oxygen atoms in total. The van der Waals surface area contributed by atoms with Crippen LogP contribution in [0.5, 0.6) is 0 Å². The Labute approximate surface area is 218 Å². The number of carbonyl (C=O) groups is 2. The van der Waals surface area contributed by atoms with Crippen LogP contribution in [0.4, 0.5) is 22.7 Å². The van der Waals surface area contributed by atoms with Gasteiger partial charge >= 0.3 is 0 Å². The summed E-state index contributed by atoms with van der Waals surface area (Å²) in [5.74, 6) is 0.500. The molecule has 3 rings (SSSR count). The molecule has 2 amide bonds. The highest BCUT2D eigenvalue weighted by Gasteiger charge is 2.17. The summed E-state index contributed by atoms with van der Waals surface area (Å²) in [4.78, 5) is 30.3. The Hall–Kier alpha value is -3.45. The van der Waals surface area contributed by atoms with Gasteiger partial charge in [0.1, 0.15) is 0 Å². The second-order valence-electron chi connectivity index (χ2n) is 8.98. The van der Waals surface area contributed by atoms with Crippen molar-refractivity contribution in [1.82, 2.24) is 0 Å². The van der Waals surface area contributed by atoms with Gasteiger partial charge in [-0.25, -0.2) is 0 Å². The Kier molecular flexibility index (Phi) is 10.2. The Bertz CT molecular complexity index is 1160. The number of amides is 2. The van der Waals surface area contributed by atoms with E-state index in [9.17, 15) is 9.59 Å². The number of aliphatic imine (C=N–C) groups is 1. The van der Waals surface area contributed by atoms with E-state index in [0.29, 0.717) is 22.2 Å². The minimum atomic E-state index is -0.139. The molecule has 7 heteroatoms. The second-order valence-corrected chi connectivity index (χ2v) is 9.93. The van der Waals surface area contributed by atoms with E-state index < -0.39 is 0 Å². The third-order valence-electron chi connectivity index (χ3n) is 6.21. The van der Waals surface area contributed by atoms with Gasteiger partial charge in [-0.1, -0.05) is 58.2 Å². The predicted molar refractivity (Wildman–Crippen MR) is 153 cm³/mol. The zero-order chi connectivity index (χ0) is 25.9. The maximum Gasteiger partial charge on any atom is 0.265 e. The zero-order valence-electron chi connectivity index (χ0n) is 21.5. The molecule has 36 heavy (non-hydrogen) atoms. The number of benzene rings is 2. The van der Waals surface area contributed by atoms with E-state index in [4.69, 9.17) is 0 Å². The van der Waals surface area contributed by atoms with Gasteiger partial charge in [0.05, 0.1) is 16.3 Å². The number of anilines is 3. The van der Waals surface area contributed by atoms with Crippen molar-refractivity contribution in [1.29, 1.82) is 0 Å². The second kappa shape index (κ2) is 13.6. The average molecular weight is 505 g/mol. The van der Waals surface area contributed by atoms with Gasteiger partial charge in [0.25, 0.3) is 5.91 Å². The van der Waals surface area contributed by atoms with Crippen LogP contribution in [0.3, 0.4) is 0 Å². The summed E-state index contributed by atoms with van der Waals surface area (Å²) < 4.78 is 0. The summed E-state index contributed by atoms with van der Waals surface area (Å²) in [6.45, 7) is 6.39. The van der Waals surface area contributed by atoms with E-state index in [1.54, 1.807) is 12.3 Å². The maximum absolute atomic E-state index is 12.6. The van der Waals surface area contributed by atoms with E-state index in [2.05, 4.69) is 34.8 Å².